The van der Waals surface area contributed by atoms with Gasteiger partial charge in [-0.2, -0.15) is 4.68 Å². The zero-order chi connectivity index (χ0) is 17.2. The van der Waals surface area contributed by atoms with Crippen LogP contribution in [-0.2, 0) is 4.74 Å². The van der Waals surface area contributed by atoms with E-state index >= 15 is 0 Å². The topological polar surface area (TPSA) is 81.9 Å². The van der Waals surface area contributed by atoms with Crippen molar-refractivity contribution in [1.29, 1.82) is 0 Å². The van der Waals surface area contributed by atoms with Crippen molar-refractivity contribution in [3.8, 4) is 5.69 Å². The first kappa shape index (κ1) is 16.2. The monoisotopic (exact) mass is 341 g/mol. The summed E-state index contributed by atoms with van der Waals surface area (Å²) in [7, 11) is 0. The number of hydrogen-bond acceptors (Lipinski definition) is 5. The highest BCUT2D eigenvalue weighted by atomic mass is 16.5. The molecule has 1 amide bonds. The molecule has 1 aromatic heterocycles. The maximum Gasteiger partial charge on any atom is 0.251 e. The third-order valence-electron chi connectivity index (χ3n) is 5.43. The molecule has 4 rings (SSSR count). The molecule has 1 saturated heterocycles. The fourth-order valence-electron chi connectivity index (χ4n) is 3.71. The van der Waals surface area contributed by atoms with Gasteiger partial charge < -0.3 is 10.1 Å². The molecule has 25 heavy (non-hydrogen) atoms. The van der Waals surface area contributed by atoms with E-state index in [1.165, 1.54) is 19.3 Å². The molecule has 2 atom stereocenters. The number of aryl methyl sites for hydroxylation is 1. The van der Waals surface area contributed by atoms with Crippen LogP contribution in [0.5, 0.6) is 0 Å². The molecule has 1 saturated carbocycles. The molecule has 7 nitrogen and oxygen atoms in total. The normalized spacial score (nSPS) is 21.7. The standard InChI is InChI=1S/C18H23N5O2/c1-12-20-21-22-23(12)16-7-5-14(6-8-16)18(24)19-17(13-3-2-4-13)15-9-10-25-11-15/h5-8,13,15,17H,2-4,9-11H2,1H3,(H,19,24). The van der Waals surface area contributed by atoms with E-state index in [-0.39, 0.29) is 11.9 Å². The van der Waals surface area contributed by atoms with Crippen LogP contribution in [0.2, 0.25) is 0 Å². The molecule has 0 spiro atoms. The van der Waals surface area contributed by atoms with Crippen LogP contribution in [0, 0.1) is 18.8 Å². The van der Waals surface area contributed by atoms with Gasteiger partial charge in [-0.3, -0.25) is 4.79 Å². The van der Waals surface area contributed by atoms with Gasteiger partial charge in [-0.1, -0.05) is 6.42 Å². The number of rotatable bonds is 5. The Balaban J connectivity index is 1.47. The Kier molecular flexibility index (Phi) is 4.48. The molecular weight excluding hydrogens is 318 g/mol. The number of carbonyl (C=O) groups excluding carboxylic acids is 1. The molecule has 2 aromatic rings. The third-order valence-corrected chi connectivity index (χ3v) is 5.43. The van der Waals surface area contributed by atoms with Crippen molar-refractivity contribution in [3.05, 3.63) is 35.7 Å². The average Bonchev–Trinajstić information content (AvgIpc) is 3.24. The van der Waals surface area contributed by atoms with E-state index in [0.717, 1.165) is 25.3 Å². The molecule has 1 aromatic carbocycles. The summed E-state index contributed by atoms with van der Waals surface area (Å²) < 4.78 is 7.19. The fourth-order valence-corrected chi connectivity index (χ4v) is 3.71. The summed E-state index contributed by atoms with van der Waals surface area (Å²) >= 11 is 0. The summed E-state index contributed by atoms with van der Waals surface area (Å²) in [5.74, 6) is 1.74. The van der Waals surface area contributed by atoms with Crippen molar-refractivity contribution < 1.29 is 9.53 Å². The predicted octanol–water partition coefficient (Wildman–Crippen LogP) is 1.91. The molecular formula is C18H23N5O2. The van der Waals surface area contributed by atoms with E-state index < -0.39 is 0 Å². The van der Waals surface area contributed by atoms with Crippen LogP contribution in [0.15, 0.2) is 24.3 Å². The second-order valence-electron chi connectivity index (χ2n) is 7.00. The van der Waals surface area contributed by atoms with Gasteiger partial charge in [0.25, 0.3) is 5.91 Å². The first-order valence-electron chi connectivity index (χ1n) is 8.96. The van der Waals surface area contributed by atoms with Crippen LogP contribution in [0.3, 0.4) is 0 Å². The lowest BCUT2D eigenvalue weighted by molar-refractivity contribution is 0.0842. The summed E-state index contributed by atoms with van der Waals surface area (Å²) in [5, 5.41) is 14.7. The Bertz CT molecular complexity index is 732. The smallest absolute Gasteiger partial charge is 0.251 e. The van der Waals surface area contributed by atoms with Crippen molar-refractivity contribution in [2.45, 2.75) is 38.6 Å². The molecule has 1 aliphatic heterocycles. The largest absolute Gasteiger partial charge is 0.381 e. The highest BCUT2D eigenvalue weighted by Crippen LogP contribution is 2.35. The maximum atomic E-state index is 12.7. The quantitative estimate of drug-likeness (QED) is 0.898. The number of carbonyl (C=O) groups is 1. The molecule has 2 heterocycles. The Morgan fingerprint density at radius 2 is 2.04 bits per heavy atom. The molecule has 0 radical (unpaired) electrons. The average molecular weight is 341 g/mol. The lowest BCUT2D eigenvalue weighted by Crippen LogP contribution is -2.47. The van der Waals surface area contributed by atoms with Crippen molar-refractivity contribution in [2.24, 2.45) is 11.8 Å². The van der Waals surface area contributed by atoms with E-state index in [1.807, 2.05) is 31.2 Å². The van der Waals surface area contributed by atoms with Crippen molar-refractivity contribution in [1.82, 2.24) is 25.5 Å². The summed E-state index contributed by atoms with van der Waals surface area (Å²) in [5.41, 5.74) is 1.51. The van der Waals surface area contributed by atoms with E-state index in [2.05, 4.69) is 20.8 Å². The van der Waals surface area contributed by atoms with Crippen LogP contribution < -0.4 is 5.32 Å². The lowest BCUT2D eigenvalue weighted by atomic mass is 9.74. The Hall–Kier alpha value is -2.28. The second kappa shape index (κ2) is 6.92. The highest BCUT2D eigenvalue weighted by molar-refractivity contribution is 5.94. The van der Waals surface area contributed by atoms with Gasteiger partial charge in [0.15, 0.2) is 5.82 Å². The minimum Gasteiger partial charge on any atom is -0.381 e. The van der Waals surface area contributed by atoms with Crippen LogP contribution in [0.25, 0.3) is 5.69 Å². The van der Waals surface area contributed by atoms with Crippen molar-refractivity contribution in [3.63, 3.8) is 0 Å². The van der Waals surface area contributed by atoms with E-state index in [9.17, 15) is 4.79 Å². The molecule has 2 fully saturated rings. The van der Waals surface area contributed by atoms with E-state index in [1.54, 1.807) is 4.68 Å². The first-order chi connectivity index (χ1) is 12.2. The fraction of sp³-hybridized carbons (Fsp3) is 0.556. The minimum absolute atomic E-state index is 0.0104. The highest BCUT2D eigenvalue weighted by Gasteiger charge is 2.36. The zero-order valence-electron chi connectivity index (χ0n) is 14.4. The lowest BCUT2D eigenvalue weighted by Gasteiger charge is -2.37. The van der Waals surface area contributed by atoms with Crippen molar-refractivity contribution >= 4 is 5.91 Å². The van der Waals surface area contributed by atoms with Crippen LogP contribution >= 0.6 is 0 Å². The van der Waals surface area contributed by atoms with Gasteiger partial charge in [-0.05, 0) is 66.8 Å². The number of hydrogen-bond donors (Lipinski definition) is 1. The number of benzene rings is 1. The van der Waals surface area contributed by atoms with Gasteiger partial charge in [-0.25, -0.2) is 0 Å². The number of ether oxygens (including phenoxy) is 1. The minimum atomic E-state index is -0.0104. The van der Waals surface area contributed by atoms with E-state index in [4.69, 9.17) is 4.74 Å². The van der Waals surface area contributed by atoms with E-state index in [0.29, 0.717) is 23.2 Å². The molecule has 1 N–H and O–H groups in total. The predicted molar refractivity (Wildman–Crippen MR) is 91.4 cm³/mol. The summed E-state index contributed by atoms with van der Waals surface area (Å²) in [6.07, 6.45) is 4.72. The van der Waals surface area contributed by atoms with Gasteiger partial charge >= 0.3 is 0 Å². The summed E-state index contributed by atoms with van der Waals surface area (Å²) in [4.78, 5) is 12.7. The van der Waals surface area contributed by atoms with Crippen molar-refractivity contribution in [2.75, 3.05) is 13.2 Å². The maximum absolute atomic E-state index is 12.7. The number of tetrazole rings is 1. The number of nitrogens with one attached hydrogen (secondary N) is 1. The third kappa shape index (κ3) is 3.28. The van der Waals surface area contributed by atoms with Gasteiger partial charge in [0.2, 0.25) is 0 Å². The Morgan fingerprint density at radius 3 is 2.60 bits per heavy atom. The molecule has 2 unspecified atom stereocenters. The Morgan fingerprint density at radius 1 is 1.24 bits per heavy atom. The molecule has 7 heteroatoms. The molecule has 0 bridgehead atoms. The van der Waals surface area contributed by atoms with Gasteiger partial charge in [-0.15, -0.1) is 5.10 Å². The van der Waals surface area contributed by atoms with Gasteiger partial charge in [0, 0.05) is 24.1 Å². The molecule has 1 aliphatic carbocycles. The van der Waals surface area contributed by atoms with Gasteiger partial charge in [0.05, 0.1) is 12.3 Å². The zero-order valence-corrected chi connectivity index (χ0v) is 14.4. The number of amides is 1. The summed E-state index contributed by atoms with van der Waals surface area (Å²) in [6, 6.07) is 7.62. The first-order valence-corrected chi connectivity index (χ1v) is 8.96. The second-order valence-corrected chi connectivity index (χ2v) is 7.00. The number of nitrogens with zero attached hydrogens (tertiary/aromatic N) is 4. The SMILES string of the molecule is Cc1nnnn1-c1ccc(C(=O)NC(C2CCC2)C2CCOC2)cc1. The summed E-state index contributed by atoms with van der Waals surface area (Å²) in [6.45, 7) is 3.41. The number of aromatic nitrogens is 4. The van der Waals surface area contributed by atoms with Crippen LogP contribution in [0.1, 0.15) is 41.9 Å². The van der Waals surface area contributed by atoms with Gasteiger partial charge in [0.1, 0.15) is 0 Å². The molecule has 132 valence electrons. The molecule has 2 aliphatic rings. The Labute approximate surface area is 146 Å². The van der Waals surface area contributed by atoms with Crippen LogP contribution in [-0.4, -0.2) is 45.4 Å². The van der Waals surface area contributed by atoms with Crippen LogP contribution in [0.4, 0.5) is 0 Å².